The van der Waals surface area contributed by atoms with Crippen molar-refractivity contribution in [2.45, 2.75) is 65.0 Å². The molecule has 7 heteroatoms. The van der Waals surface area contributed by atoms with Gasteiger partial charge in [0.2, 0.25) is 0 Å². The van der Waals surface area contributed by atoms with Crippen LogP contribution in [0, 0.1) is 5.92 Å². The fourth-order valence-corrected chi connectivity index (χ4v) is 8.97. The molecule has 0 aromatic rings. The van der Waals surface area contributed by atoms with Crippen molar-refractivity contribution in [3.8, 4) is 0 Å². The Morgan fingerprint density at radius 1 is 0.871 bits per heavy atom. The molecule has 168 valence electrons. The Labute approximate surface area is 189 Å². The van der Waals surface area contributed by atoms with Gasteiger partial charge in [0.1, 0.15) is 0 Å². The van der Waals surface area contributed by atoms with Gasteiger partial charge in [-0.1, -0.05) is 0 Å². The van der Waals surface area contributed by atoms with E-state index >= 15 is 0 Å². The molecule has 0 bridgehead atoms. The zero-order chi connectivity index (χ0) is 23.7. The molecule has 0 aromatic heterocycles. The van der Waals surface area contributed by atoms with Crippen LogP contribution in [0.2, 0.25) is 4.22 Å². The van der Waals surface area contributed by atoms with Gasteiger partial charge in [0.15, 0.2) is 0 Å². The fraction of sp³-hybridized carbons (Fsp3) is 0.458. The number of carbonyl (C=O) groups is 3. The van der Waals surface area contributed by atoms with E-state index in [2.05, 4.69) is 33.6 Å². The van der Waals surface area contributed by atoms with Crippen LogP contribution >= 0.6 is 0 Å². The average molecular weight is 464 g/mol. The van der Waals surface area contributed by atoms with Crippen LogP contribution in [-0.4, -0.2) is 17.9 Å². The molecule has 0 radical (unpaired) electrons. The van der Waals surface area contributed by atoms with E-state index in [4.69, 9.17) is 9.96 Å². The predicted octanol–water partition coefficient (Wildman–Crippen LogP) is 5.50. The topological polar surface area (TPSA) is 78.9 Å². The van der Waals surface area contributed by atoms with Crippen LogP contribution in [0.3, 0.4) is 0 Å². The predicted molar refractivity (Wildman–Crippen MR) is 115 cm³/mol. The number of hydrogen-bond acceptors (Lipinski definition) is 6. The van der Waals surface area contributed by atoms with Crippen LogP contribution in [0.1, 0.15) is 60.8 Å². The van der Waals surface area contributed by atoms with Gasteiger partial charge in [-0.3, -0.25) is 0 Å². The van der Waals surface area contributed by atoms with E-state index in [1.54, 1.807) is 0 Å². The van der Waals surface area contributed by atoms with Crippen LogP contribution in [0.5, 0.6) is 0 Å². The molecule has 0 fully saturated rings. The molecule has 0 N–H and O–H groups in total. The molecule has 2 aliphatic carbocycles. The standard InChI is InChI=1S/C12H17.3C4H6O2.Ti/c1-8-9(2)11-6-4-5-7-12(11)10(8)3;3*1-3(2)4(5)6;/h6,10H,4-5,7H2,1-3H3;3*1H2,2H3,(H,5,6);/q;;;;+3/p-3. The van der Waals surface area contributed by atoms with E-state index in [9.17, 15) is 14.4 Å². The quantitative estimate of drug-likeness (QED) is 0.366. The van der Waals surface area contributed by atoms with Gasteiger partial charge in [0.25, 0.3) is 0 Å². The maximum absolute atomic E-state index is 12.7. The van der Waals surface area contributed by atoms with E-state index < -0.39 is 39.9 Å². The molecule has 2 atom stereocenters. The monoisotopic (exact) mass is 464 g/mol. The van der Waals surface area contributed by atoms with Crippen molar-refractivity contribution in [3.05, 3.63) is 58.7 Å². The third-order valence-electron chi connectivity index (χ3n) is 5.98. The molecule has 0 spiro atoms. The van der Waals surface area contributed by atoms with Gasteiger partial charge in [-0.25, -0.2) is 0 Å². The number of hydrogen-bond donors (Lipinski definition) is 0. The maximum atomic E-state index is 12.7. The van der Waals surface area contributed by atoms with Gasteiger partial charge in [0, 0.05) is 0 Å². The first-order valence-corrected chi connectivity index (χ1v) is 13.2. The van der Waals surface area contributed by atoms with Crippen LogP contribution in [0.4, 0.5) is 0 Å². The van der Waals surface area contributed by atoms with Gasteiger partial charge in [-0.2, -0.15) is 0 Å². The van der Waals surface area contributed by atoms with Crippen LogP contribution in [0.15, 0.2) is 58.7 Å². The Kier molecular flexibility index (Phi) is 7.72. The molecule has 0 aromatic carbocycles. The molecule has 2 aliphatic rings. The van der Waals surface area contributed by atoms with Gasteiger partial charge in [0.05, 0.1) is 0 Å². The number of rotatable bonds is 7. The first-order valence-electron chi connectivity index (χ1n) is 10.4. The molecular weight excluding hydrogens is 432 g/mol. The second-order valence-electron chi connectivity index (χ2n) is 8.53. The Morgan fingerprint density at radius 2 is 1.29 bits per heavy atom. The third-order valence-corrected chi connectivity index (χ3v) is 10.4. The Hall–Kier alpha value is -2.18. The summed E-state index contributed by atoms with van der Waals surface area (Å²) in [5.41, 5.74) is 4.89. The van der Waals surface area contributed by atoms with Crippen molar-refractivity contribution in [2.24, 2.45) is 5.92 Å². The Morgan fingerprint density at radius 3 is 1.68 bits per heavy atom. The summed E-state index contributed by atoms with van der Waals surface area (Å²) in [5, 5.41) is 0. The molecule has 2 rings (SSSR count). The van der Waals surface area contributed by atoms with Crippen LogP contribution < -0.4 is 0 Å². The molecule has 0 aliphatic heterocycles. The van der Waals surface area contributed by atoms with E-state index in [0.717, 1.165) is 24.0 Å². The second-order valence-corrected chi connectivity index (χ2v) is 12.5. The zero-order valence-electron chi connectivity index (χ0n) is 19.3. The summed E-state index contributed by atoms with van der Waals surface area (Å²) in [6, 6.07) is 0. The van der Waals surface area contributed by atoms with E-state index in [1.807, 2.05) is 6.92 Å². The van der Waals surface area contributed by atoms with Gasteiger partial charge in [-0.15, -0.1) is 0 Å². The molecule has 31 heavy (non-hydrogen) atoms. The molecular formula is C24H32O6Ti. The number of carbonyl (C=O) groups excluding carboxylic acids is 3. The van der Waals surface area contributed by atoms with Crippen molar-refractivity contribution in [1.29, 1.82) is 0 Å². The van der Waals surface area contributed by atoms with Crippen molar-refractivity contribution < 1.29 is 42.1 Å². The van der Waals surface area contributed by atoms with Crippen molar-refractivity contribution in [3.63, 3.8) is 0 Å². The zero-order valence-corrected chi connectivity index (χ0v) is 20.9. The van der Waals surface area contributed by atoms with Crippen molar-refractivity contribution >= 4 is 17.9 Å². The number of allylic oxidation sites excluding steroid dienone is 4. The third kappa shape index (κ3) is 5.02. The Bertz CT molecular complexity index is 866. The average Bonchev–Trinajstić information content (AvgIpc) is 2.91. The van der Waals surface area contributed by atoms with Crippen LogP contribution in [-0.2, 0) is 42.1 Å². The van der Waals surface area contributed by atoms with Crippen molar-refractivity contribution in [2.75, 3.05) is 0 Å². The normalized spacial score (nSPS) is 20.7. The summed E-state index contributed by atoms with van der Waals surface area (Å²) in [7, 11) is 0. The van der Waals surface area contributed by atoms with E-state index in [0.29, 0.717) is 6.42 Å². The van der Waals surface area contributed by atoms with Gasteiger partial charge < -0.3 is 0 Å². The summed E-state index contributed by atoms with van der Waals surface area (Å²) >= 11 is -4.98. The van der Waals surface area contributed by atoms with E-state index in [1.165, 1.54) is 31.9 Å². The fourth-order valence-electron chi connectivity index (χ4n) is 4.03. The summed E-state index contributed by atoms with van der Waals surface area (Å²) in [4.78, 5) is 38.0. The Balaban J connectivity index is 2.73. The molecule has 0 saturated heterocycles. The van der Waals surface area contributed by atoms with E-state index in [-0.39, 0.29) is 22.6 Å². The molecule has 0 heterocycles. The molecule has 2 unspecified atom stereocenters. The minimum absolute atomic E-state index is 0.126. The first kappa shape index (κ1) is 25.1. The van der Waals surface area contributed by atoms with Crippen LogP contribution in [0.25, 0.3) is 0 Å². The van der Waals surface area contributed by atoms with Gasteiger partial charge in [-0.05, 0) is 0 Å². The molecule has 6 nitrogen and oxygen atoms in total. The summed E-state index contributed by atoms with van der Waals surface area (Å²) in [6.07, 6.45) is 2.28. The van der Waals surface area contributed by atoms with Crippen molar-refractivity contribution in [1.82, 2.24) is 0 Å². The summed E-state index contributed by atoms with van der Waals surface area (Å²) in [5.74, 6) is -2.01. The SMILES string of the molecule is C=C(C)C(=O)[O][Ti]([O]C(=O)C(=C)C)([O]C(=O)C(=C)C)[CH]1CCCC2=C1C(C)=C(C)C2C. The second kappa shape index (κ2) is 9.53. The summed E-state index contributed by atoms with van der Waals surface area (Å²) in [6.45, 7) is 21.6. The first-order chi connectivity index (χ1) is 14.3. The summed E-state index contributed by atoms with van der Waals surface area (Å²) < 4.78 is 17.0. The van der Waals surface area contributed by atoms with Gasteiger partial charge >= 0.3 is 190 Å². The molecule has 0 saturated carbocycles. The molecule has 0 amide bonds. The minimum atomic E-state index is -4.98.